The van der Waals surface area contributed by atoms with Crippen molar-refractivity contribution in [2.45, 2.75) is 45.8 Å². The summed E-state index contributed by atoms with van der Waals surface area (Å²) >= 11 is 0. The van der Waals surface area contributed by atoms with Gasteiger partial charge in [0.15, 0.2) is 0 Å². The third kappa shape index (κ3) is 4.69. The van der Waals surface area contributed by atoms with Crippen LogP contribution in [-0.2, 0) is 4.43 Å². The molecule has 0 heterocycles. The predicted molar refractivity (Wildman–Crippen MR) is 115 cm³/mol. The van der Waals surface area contributed by atoms with Crippen LogP contribution < -0.4 is 10.4 Å². The molecule has 2 aromatic carbocycles. The highest BCUT2D eigenvalue weighted by molar-refractivity contribution is 6.99. The van der Waals surface area contributed by atoms with Crippen molar-refractivity contribution in [3.63, 3.8) is 0 Å². The number of benzene rings is 2. The van der Waals surface area contributed by atoms with Crippen molar-refractivity contribution in [3.8, 4) is 0 Å². The van der Waals surface area contributed by atoms with Gasteiger partial charge in [-0.2, -0.15) is 0 Å². The second kappa shape index (κ2) is 9.15. The van der Waals surface area contributed by atoms with E-state index < -0.39 is 14.4 Å². The van der Waals surface area contributed by atoms with Gasteiger partial charge in [-0.25, -0.2) is 0 Å². The number of rotatable bonds is 8. The third-order valence-corrected chi connectivity index (χ3v) is 10.4. The number of hydrogen-bond donors (Lipinski definition) is 2. The Morgan fingerprint density at radius 1 is 0.852 bits per heavy atom. The molecule has 4 heteroatoms. The van der Waals surface area contributed by atoms with Gasteiger partial charge in [0, 0.05) is 25.0 Å². The van der Waals surface area contributed by atoms with Crippen molar-refractivity contribution in [3.05, 3.63) is 60.7 Å². The zero-order chi connectivity index (χ0) is 20.1. The summed E-state index contributed by atoms with van der Waals surface area (Å²) in [6.07, 6.45) is -0.590. The highest BCUT2D eigenvalue weighted by Crippen LogP contribution is 2.37. The standard InChI is InChI=1S/C23H34O3Si/c1-18(16-24)22(25)19(2)17-26-27(23(3,4)5,20-12-8-6-9-13-20)21-14-10-7-11-15-21/h6-15,18-19,22,24-25H,16-17H2,1-5H3/t18-,19-,22+/m0/s1. The monoisotopic (exact) mass is 386 g/mol. The Bertz CT molecular complexity index is 642. The van der Waals surface area contributed by atoms with Crippen LogP contribution in [0.2, 0.25) is 5.04 Å². The number of aliphatic hydroxyl groups is 2. The molecule has 0 aromatic heterocycles. The fourth-order valence-electron chi connectivity index (χ4n) is 3.79. The van der Waals surface area contributed by atoms with E-state index in [1.165, 1.54) is 10.4 Å². The van der Waals surface area contributed by atoms with E-state index in [9.17, 15) is 10.2 Å². The smallest absolute Gasteiger partial charge is 0.261 e. The van der Waals surface area contributed by atoms with E-state index in [2.05, 4.69) is 69.3 Å². The van der Waals surface area contributed by atoms with Crippen LogP contribution in [0.3, 0.4) is 0 Å². The minimum Gasteiger partial charge on any atom is -0.407 e. The first-order valence-electron chi connectivity index (χ1n) is 9.78. The minimum absolute atomic E-state index is 0.0231. The van der Waals surface area contributed by atoms with E-state index in [1.807, 2.05) is 26.0 Å². The van der Waals surface area contributed by atoms with Gasteiger partial charge in [-0.05, 0) is 15.4 Å². The SMILES string of the molecule is C[C@@H](CO)[C@@H](O)[C@@H](C)CO[Si](c1ccccc1)(c1ccccc1)C(C)(C)C. The molecule has 0 fully saturated rings. The van der Waals surface area contributed by atoms with Crippen LogP contribution in [0.25, 0.3) is 0 Å². The van der Waals surface area contributed by atoms with Gasteiger partial charge in [-0.1, -0.05) is 95.3 Å². The molecule has 0 aliphatic rings. The first-order chi connectivity index (χ1) is 12.7. The van der Waals surface area contributed by atoms with Crippen LogP contribution in [0, 0.1) is 11.8 Å². The van der Waals surface area contributed by atoms with E-state index in [0.29, 0.717) is 6.61 Å². The molecule has 3 nitrogen and oxygen atoms in total. The lowest BCUT2D eigenvalue weighted by Crippen LogP contribution is -2.67. The highest BCUT2D eigenvalue weighted by atomic mass is 28.4. The van der Waals surface area contributed by atoms with Gasteiger partial charge in [0.2, 0.25) is 0 Å². The van der Waals surface area contributed by atoms with Crippen molar-refractivity contribution >= 4 is 18.7 Å². The Kier molecular flexibility index (Phi) is 7.40. The van der Waals surface area contributed by atoms with Crippen LogP contribution >= 0.6 is 0 Å². The molecule has 0 unspecified atom stereocenters. The molecular weight excluding hydrogens is 352 g/mol. The Morgan fingerprint density at radius 3 is 1.67 bits per heavy atom. The van der Waals surface area contributed by atoms with E-state index in [0.717, 1.165) is 0 Å². The van der Waals surface area contributed by atoms with Gasteiger partial charge in [0.05, 0.1) is 6.10 Å². The van der Waals surface area contributed by atoms with Crippen molar-refractivity contribution in [2.24, 2.45) is 11.8 Å². The lowest BCUT2D eigenvalue weighted by atomic mass is 9.95. The van der Waals surface area contributed by atoms with E-state index in [4.69, 9.17) is 4.43 Å². The largest absolute Gasteiger partial charge is 0.407 e. The Balaban J connectivity index is 2.47. The lowest BCUT2D eigenvalue weighted by molar-refractivity contribution is 0.0184. The van der Waals surface area contributed by atoms with Crippen molar-refractivity contribution < 1.29 is 14.6 Å². The van der Waals surface area contributed by atoms with Gasteiger partial charge in [0.1, 0.15) is 0 Å². The average Bonchev–Trinajstić information content (AvgIpc) is 2.67. The van der Waals surface area contributed by atoms with Crippen LogP contribution in [0.1, 0.15) is 34.6 Å². The first kappa shape index (κ1) is 21.8. The molecule has 0 amide bonds. The molecule has 2 rings (SSSR count). The van der Waals surface area contributed by atoms with E-state index in [1.54, 1.807) is 0 Å². The number of hydrogen-bond acceptors (Lipinski definition) is 3. The molecular formula is C23H34O3Si. The molecule has 0 radical (unpaired) electrons. The quantitative estimate of drug-likeness (QED) is 0.685. The summed E-state index contributed by atoms with van der Waals surface area (Å²) in [4.78, 5) is 0. The maximum atomic E-state index is 10.5. The summed E-state index contributed by atoms with van der Waals surface area (Å²) in [6.45, 7) is 11.0. The molecule has 148 valence electrons. The molecule has 0 saturated carbocycles. The van der Waals surface area contributed by atoms with Crippen molar-refractivity contribution in [1.82, 2.24) is 0 Å². The van der Waals surface area contributed by atoms with Crippen molar-refractivity contribution in [2.75, 3.05) is 13.2 Å². The maximum Gasteiger partial charge on any atom is 0.261 e. The zero-order valence-electron chi connectivity index (χ0n) is 17.2. The molecule has 0 aliphatic carbocycles. The Labute approximate surface area is 165 Å². The summed E-state index contributed by atoms with van der Waals surface area (Å²) in [6, 6.07) is 21.0. The van der Waals surface area contributed by atoms with Gasteiger partial charge in [-0.3, -0.25) is 0 Å². The van der Waals surface area contributed by atoms with Crippen LogP contribution in [-0.4, -0.2) is 37.8 Å². The number of aliphatic hydroxyl groups excluding tert-OH is 2. The summed E-state index contributed by atoms with van der Waals surface area (Å²) in [5.41, 5.74) is 0. The topological polar surface area (TPSA) is 49.7 Å². The molecule has 27 heavy (non-hydrogen) atoms. The molecule has 0 aliphatic heterocycles. The van der Waals surface area contributed by atoms with Crippen molar-refractivity contribution in [1.29, 1.82) is 0 Å². The average molecular weight is 387 g/mol. The fourth-order valence-corrected chi connectivity index (χ4v) is 8.45. The molecule has 0 saturated heterocycles. The summed E-state index contributed by atoms with van der Waals surface area (Å²) in [7, 11) is -2.58. The zero-order valence-corrected chi connectivity index (χ0v) is 18.2. The first-order valence-corrected chi connectivity index (χ1v) is 11.7. The highest BCUT2D eigenvalue weighted by Gasteiger charge is 2.50. The lowest BCUT2D eigenvalue weighted by Gasteiger charge is -2.44. The second-order valence-electron chi connectivity index (χ2n) is 8.60. The summed E-state index contributed by atoms with van der Waals surface area (Å²) in [5.74, 6) is -0.225. The van der Waals surface area contributed by atoms with Gasteiger partial charge >= 0.3 is 0 Å². The Hall–Kier alpha value is -1.46. The van der Waals surface area contributed by atoms with E-state index in [-0.39, 0.29) is 23.5 Å². The van der Waals surface area contributed by atoms with Gasteiger partial charge in [-0.15, -0.1) is 0 Å². The minimum atomic E-state index is -2.58. The van der Waals surface area contributed by atoms with Crippen LogP contribution in [0.4, 0.5) is 0 Å². The molecule has 3 atom stereocenters. The Morgan fingerprint density at radius 2 is 1.30 bits per heavy atom. The van der Waals surface area contributed by atoms with Gasteiger partial charge in [0.25, 0.3) is 8.32 Å². The maximum absolute atomic E-state index is 10.5. The third-order valence-electron chi connectivity index (χ3n) is 5.43. The molecule has 2 N–H and O–H groups in total. The fraction of sp³-hybridized carbons (Fsp3) is 0.478. The predicted octanol–water partition coefficient (Wildman–Crippen LogP) is 3.19. The molecule has 0 bridgehead atoms. The molecule has 0 spiro atoms. The summed E-state index contributed by atoms with van der Waals surface area (Å²) in [5, 5.41) is 22.3. The van der Waals surface area contributed by atoms with Crippen LogP contribution in [0.5, 0.6) is 0 Å². The van der Waals surface area contributed by atoms with E-state index >= 15 is 0 Å². The van der Waals surface area contributed by atoms with Gasteiger partial charge < -0.3 is 14.6 Å². The van der Waals surface area contributed by atoms with Crippen LogP contribution in [0.15, 0.2) is 60.7 Å². The second-order valence-corrected chi connectivity index (χ2v) is 12.9. The normalized spacial score (nSPS) is 16.0. The summed E-state index contributed by atoms with van der Waals surface area (Å²) < 4.78 is 6.84. The molecule has 2 aromatic rings.